The van der Waals surface area contributed by atoms with Gasteiger partial charge in [-0.05, 0) is 26.0 Å². The third-order valence-electron chi connectivity index (χ3n) is 2.96. The number of hydrogen-bond donors (Lipinski definition) is 1. The van der Waals surface area contributed by atoms with Gasteiger partial charge in [-0.15, -0.1) is 0 Å². The molecule has 0 aliphatic heterocycles. The fourth-order valence-electron chi connectivity index (χ4n) is 1.92. The number of hydrogen-bond acceptors (Lipinski definition) is 4. The zero-order valence-corrected chi connectivity index (χ0v) is 11.4. The Balaban J connectivity index is 1.97. The van der Waals surface area contributed by atoms with Crippen molar-refractivity contribution in [1.29, 1.82) is 0 Å². The van der Waals surface area contributed by atoms with E-state index in [0.717, 1.165) is 23.0 Å². The van der Waals surface area contributed by atoms with E-state index in [0.29, 0.717) is 12.5 Å². The molecule has 0 unspecified atom stereocenters. The minimum absolute atomic E-state index is 0.162. The Kier molecular flexibility index (Phi) is 3.87. The van der Waals surface area contributed by atoms with Crippen LogP contribution < -0.4 is 5.32 Å². The first-order valence-corrected chi connectivity index (χ1v) is 6.30. The Labute approximate surface area is 107 Å². The summed E-state index contributed by atoms with van der Waals surface area (Å²) >= 11 is 0. The molecule has 0 radical (unpaired) electrons. The second-order valence-corrected chi connectivity index (χ2v) is 4.87. The molecule has 0 amide bonds. The first-order chi connectivity index (χ1) is 8.58. The molecule has 2 aromatic heterocycles. The molecule has 0 fully saturated rings. The number of nitrogens with zero attached hydrogens (tertiary/aromatic N) is 1. The van der Waals surface area contributed by atoms with E-state index in [1.807, 2.05) is 19.1 Å². The quantitative estimate of drug-likeness (QED) is 0.879. The molecule has 0 saturated carbocycles. The van der Waals surface area contributed by atoms with Gasteiger partial charge < -0.3 is 14.2 Å². The highest BCUT2D eigenvalue weighted by Gasteiger charge is 2.14. The summed E-state index contributed by atoms with van der Waals surface area (Å²) in [6.45, 7) is 8.91. The van der Waals surface area contributed by atoms with Crippen molar-refractivity contribution < 1.29 is 8.83 Å². The summed E-state index contributed by atoms with van der Waals surface area (Å²) in [6.07, 6.45) is 1.51. The molecule has 98 valence electrons. The van der Waals surface area contributed by atoms with Gasteiger partial charge >= 0.3 is 0 Å². The highest BCUT2D eigenvalue weighted by atomic mass is 16.3. The number of oxazole rings is 1. The second kappa shape index (κ2) is 5.40. The Bertz CT molecular complexity index is 499. The van der Waals surface area contributed by atoms with Crippen LogP contribution in [0.5, 0.6) is 0 Å². The molecule has 2 aromatic rings. The zero-order chi connectivity index (χ0) is 13.1. The summed E-state index contributed by atoms with van der Waals surface area (Å²) in [5, 5.41) is 3.39. The van der Waals surface area contributed by atoms with Gasteiger partial charge in [-0.1, -0.05) is 13.8 Å². The lowest BCUT2D eigenvalue weighted by Gasteiger charge is -2.11. The minimum atomic E-state index is 0.162. The molecule has 0 aliphatic carbocycles. The third-order valence-corrected chi connectivity index (χ3v) is 2.96. The Morgan fingerprint density at radius 3 is 2.67 bits per heavy atom. The van der Waals surface area contributed by atoms with Crippen LogP contribution in [0.4, 0.5) is 0 Å². The van der Waals surface area contributed by atoms with E-state index in [4.69, 9.17) is 8.83 Å². The highest BCUT2D eigenvalue weighted by Crippen LogP contribution is 2.20. The number of nitrogens with one attached hydrogen (secondary N) is 1. The lowest BCUT2D eigenvalue weighted by molar-refractivity contribution is 0.412. The van der Waals surface area contributed by atoms with E-state index < -0.39 is 0 Å². The van der Waals surface area contributed by atoms with Gasteiger partial charge in [0.1, 0.15) is 17.3 Å². The van der Waals surface area contributed by atoms with Crippen LogP contribution in [0.15, 0.2) is 27.4 Å². The monoisotopic (exact) mass is 248 g/mol. The highest BCUT2D eigenvalue weighted by molar-refractivity contribution is 5.12. The average molecular weight is 248 g/mol. The maximum absolute atomic E-state index is 5.59. The second-order valence-electron chi connectivity index (χ2n) is 4.87. The van der Waals surface area contributed by atoms with Gasteiger partial charge in [-0.3, -0.25) is 0 Å². The summed E-state index contributed by atoms with van der Waals surface area (Å²) in [6, 6.07) is 4.14. The SMILES string of the molecule is Cc1ccc([C@H](C)NCc2ncoc2C(C)C)o1. The standard InChI is InChI=1S/C14H20N2O2/c1-9(2)14-12(16-8-17-14)7-15-11(4)13-6-5-10(3)18-13/h5-6,8-9,11,15H,7H2,1-4H3/t11-/m0/s1. The van der Waals surface area contributed by atoms with Crippen molar-refractivity contribution in [1.82, 2.24) is 10.3 Å². The summed E-state index contributed by atoms with van der Waals surface area (Å²) in [4.78, 5) is 4.25. The largest absolute Gasteiger partial charge is 0.465 e. The van der Waals surface area contributed by atoms with E-state index in [9.17, 15) is 0 Å². The van der Waals surface area contributed by atoms with Crippen LogP contribution in [0.25, 0.3) is 0 Å². The van der Waals surface area contributed by atoms with Crippen LogP contribution in [0.1, 0.15) is 55.7 Å². The van der Waals surface area contributed by atoms with Gasteiger partial charge in [0.2, 0.25) is 0 Å². The average Bonchev–Trinajstić information content (AvgIpc) is 2.94. The molecule has 0 saturated heterocycles. The molecule has 4 heteroatoms. The lowest BCUT2D eigenvalue weighted by atomic mass is 10.1. The molecule has 0 aromatic carbocycles. The molecule has 0 spiro atoms. The zero-order valence-electron chi connectivity index (χ0n) is 11.4. The summed E-state index contributed by atoms with van der Waals surface area (Å²) in [5.74, 6) is 3.18. The van der Waals surface area contributed by atoms with Gasteiger partial charge in [0, 0.05) is 12.5 Å². The molecule has 0 aliphatic rings. The van der Waals surface area contributed by atoms with Crippen molar-refractivity contribution in [3.8, 4) is 0 Å². The van der Waals surface area contributed by atoms with Crippen molar-refractivity contribution in [2.75, 3.05) is 0 Å². The predicted molar refractivity (Wildman–Crippen MR) is 69.3 cm³/mol. The summed E-state index contributed by atoms with van der Waals surface area (Å²) in [7, 11) is 0. The fourth-order valence-corrected chi connectivity index (χ4v) is 1.92. The van der Waals surface area contributed by atoms with Crippen molar-refractivity contribution in [2.24, 2.45) is 0 Å². The maximum Gasteiger partial charge on any atom is 0.181 e. The van der Waals surface area contributed by atoms with E-state index in [-0.39, 0.29) is 6.04 Å². The predicted octanol–water partition coefficient (Wildman–Crippen LogP) is 3.55. The lowest BCUT2D eigenvalue weighted by Crippen LogP contribution is -2.18. The molecule has 2 rings (SSSR count). The van der Waals surface area contributed by atoms with Crippen LogP contribution in [0.2, 0.25) is 0 Å². The molecular formula is C14H20N2O2. The first kappa shape index (κ1) is 12.9. The Hall–Kier alpha value is -1.55. The van der Waals surface area contributed by atoms with Crippen LogP contribution >= 0.6 is 0 Å². The van der Waals surface area contributed by atoms with Crippen molar-refractivity contribution in [3.63, 3.8) is 0 Å². The first-order valence-electron chi connectivity index (χ1n) is 6.30. The van der Waals surface area contributed by atoms with E-state index in [2.05, 4.69) is 31.1 Å². The molecule has 1 atom stereocenters. The van der Waals surface area contributed by atoms with Gasteiger partial charge in [-0.25, -0.2) is 4.98 Å². The molecule has 0 bridgehead atoms. The van der Waals surface area contributed by atoms with Gasteiger partial charge in [0.05, 0.1) is 11.7 Å². The molecule has 4 nitrogen and oxygen atoms in total. The molecular weight excluding hydrogens is 228 g/mol. The van der Waals surface area contributed by atoms with Crippen LogP contribution in [0, 0.1) is 6.92 Å². The van der Waals surface area contributed by atoms with Gasteiger partial charge in [0.25, 0.3) is 0 Å². The Morgan fingerprint density at radius 1 is 1.28 bits per heavy atom. The fraction of sp³-hybridized carbons (Fsp3) is 0.500. The van der Waals surface area contributed by atoms with Crippen LogP contribution in [-0.4, -0.2) is 4.98 Å². The van der Waals surface area contributed by atoms with Crippen LogP contribution in [-0.2, 0) is 6.54 Å². The Morgan fingerprint density at radius 2 is 2.06 bits per heavy atom. The van der Waals surface area contributed by atoms with E-state index in [1.54, 1.807) is 0 Å². The van der Waals surface area contributed by atoms with Gasteiger partial charge in [-0.2, -0.15) is 0 Å². The third kappa shape index (κ3) is 2.82. The molecule has 1 N–H and O–H groups in total. The van der Waals surface area contributed by atoms with Crippen molar-refractivity contribution in [2.45, 2.75) is 46.2 Å². The van der Waals surface area contributed by atoms with Crippen molar-refractivity contribution >= 4 is 0 Å². The summed E-state index contributed by atoms with van der Waals surface area (Å²) in [5.41, 5.74) is 0.972. The summed E-state index contributed by atoms with van der Waals surface area (Å²) < 4.78 is 11.0. The number of aromatic nitrogens is 1. The number of furan rings is 1. The number of rotatable bonds is 5. The van der Waals surface area contributed by atoms with Crippen LogP contribution in [0.3, 0.4) is 0 Å². The minimum Gasteiger partial charge on any atom is -0.465 e. The van der Waals surface area contributed by atoms with Crippen molar-refractivity contribution in [3.05, 3.63) is 41.5 Å². The smallest absolute Gasteiger partial charge is 0.181 e. The normalized spacial score (nSPS) is 13.2. The topological polar surface area (TPSA) is 51.2 Å². The van der Waals surface area contributed by atoms with E-state index >= 15 is 0 Å². The maximum atomic E-state index is 5.59. The van der Waals surface area contributed by atoms with E-state index in [1.165, 1.54) is 6.39 Å². The number of aryl methyl sites for hydroxylation is 1. The molecule has 2 heterocycles. The molecule has 18 heavy (non-hydrogen) atoms. The van der Waals surface area contributed by atoms with Gasteiger partial charge in [0.15, 0.2) is 6.39 Å².